The van der Waals surface area contributed by atoms with Gasteiger partial charge in [-0.05, 0) is 70.6 Å². The van der Waals surface area contributed by atoms with Crippen molar-refractivity contribution in [1.82, 2.24) is 0 Å². The van der Waals surface area contributed by atoms with Crippen LogP contribution in [0.1, 0.15) is 239 Å². The first-order valence-corrected chi connectivity index (χ1v) is 27.4. The predicted molar refractivity (Wildman–Crippen MR) is 288 cm³/mol. The molecule has 0 N–H and O–H groups in total. The molecule has 0 fully saturated rings. The molecular formula is C61H100O6. The van der Waals surface area contributed by atoms with Crippen LogP contribution in [-0.4, -0.2) is 37.2 Å². The Kier molecular flexibility index (Phi) is 51.5. The third-order valence-electron chi connectivity index (χ3n) is 11.3. The minimum absolute atomic E-state index is 0.0805. The second-order valence-corrected chi connectivity index (χ2v) is 17.8. The summed E-state index contributed by atoms with van der Waals surface area (Å²) in [6, 6.07) is 0. The predicted octanol–water partition coefficient (Wildman–Crippen LogP) is 18.3. The van der Waals surface area contributed by atoms with Crippen molar-refractivity contribution in [3.63, 3.8) is 0 Å². The van der Waals surface area contributed by atoms with Gasteiger partial charge in [-0.2, -0.15) is 0 Å². The monoisotopic (exact) mass is 929 g/mol. The molecule has 0 saturated heterocycles. The first kappa shape index (κ1) is 63.1. The number of hydrogen-bond donors (Lipinski definition) is 0. The average Bonchev–Trinajstić information content (AvgIpc) is 3.33. The number of ether oxygens (including phenoxy) is 3. The molecular weight excluding hydrogens is 829 g/mol. The molecule has 0 aromatic heterocycles. The standard InChI is InChI=1S/C61H100O6/c1-4-7-10-13-16-19-22-25-27-28-29-30-31-32-34-36-39-42-45-48-51-54-60(63)66-57-58(56-65-59(62)53-50-47-44-41-38-35-24-21-18-15-12-9-6-3)67-61(64)55-52-49-46-43-40-37-33-26-23-20-17-14-11-8-5-2/h8-9,11-12,17-18,20-21,26,33,35,38,40,43-44,47,49,52,58H,4-7,10,13-16,19,22-25,27-32,34,36-37,39,41-42,45-46,48,50-51,53-57H2,1-3H3/b11-8-,12-9-,20-17-,21-18-,33-26-,38-35-,43-40-,47-44-,52-49-. The Hall–Kier alpha value is -3.93. The van der Waals surface area contributed by atoms with Gasteiger partial charge in [-0.3, -0.25) is 14.4 Å². The van der Waals surface area contributed by atoms with E-state index in [1.165, 1.54) is 116 Å². The lowest BCUT2D eigenvalue weighted by Crippen LogP contribution is -2.30. The molecule has 0 radical (unpaired) electrons. The number of carbonyl (C=O) groups excluding carboxylic acids is 3. The Balaban J connectivity index is 4.48. The maximum Gasteiger partial charge on any atom is 0.310 e. The van der Waals surface area contributed by atoms with E-state index in [1.807, 2.05) is 18.2 Å². The largest absolute Gasteiger partial charge is 0.462 e. The van der Waals surface area contributed by atoms with E-state index in [2.05, 4.69) is 106 Å². The Morgan fingerprint density at radius 1 is 0.328 bits per heavy atom. The van der Waals surface area contributed by atoms with Gasteiger partial charge in [0.15, 0.2) is 6.10 Å². The number of hydrogen-bond acceptors (Lipinski definition) is 6. The molecule has 380 valence electrons. The zero-order valence-electron chi connectivity index (χ0n) is 43.4. The van der Waals surface area contributed by atoms with Gasteiger partial charge in [0.2, 0.25) is 0 Å². The van der Waals surface area contributed by atoms with Crippen molar-refractivity contribution in [3.05, 3.63) is 109 Å². The number of esters is 3. The van der Waals surface area contributed by atoms with Crippen molar-refractivity contribution in [1.29, 1.82) is 0 Å². The van der Waals surface area contributed by atoms with E-state index < -0.39 is 12.1 Å². The lowest BCUT2D eigenvalue weighted by atomic mass is 10.0. The van der Waals surface area contributed by atoms with E-state index in [-0.39, 0.29) is 38.0 Å². The van der Waals surface area contributed by atoms with E-state index in [0.717, 1.165) is 70.6 Å². The van der Waals surface area contributed by atoms with Crippen LogP contribution in [-0.2, 0) is 28.6 Å². The summed E-state index contributed by atoms with van der Waals surface area (Å²) in [6.45, 7) is 6.26. The second kappa shape index (κ2) is 54.7. The highest BCUT2D eigenvalue weighted by molar-refractivity contribution is 5.72. The maximum atomic E-state index is 12.7. The minimum Gasteiger partial charge on any atom is -0.462 e. The molecule has 67 heavy (non-hydrogen) atoms. The fourth-order valence-corrected chi connectivity index (χ4v) is 7.30. The highest BCUT2D eigenvalue weighted by Crippen LogP contribution is 2.16. The minimum atomic E-state index is -0.861. The van der Waals surface area contributed by atoms with Gasteiger partial charge in [0.25, 0.3) is 0 Å². The third-order valence-corrected chi connectivity index (χ3v) is 11.3. The van der Waals surface area contributed by atoms with Crippen LogP contribution < -0.4 is 0 Å². The van der Waals surface area contributed by atoms with E-state index in [4.69, 9.17) is 14.2 Å². The van der Waals surface area contributed by atoms with Gasteiger partial charge >= 0.3 is 17.9 Å². The molecule has 1 atom stereocenters. The van der Waals surface area contributed by atoms with Gasteiger partial charge in [0.1, 0.15) is 13.2 Å². The van der Waals surface area contributed by atoms with E-state index in [0.29, 0.717) is 19.3 Å². The molecule has 0 heterocycles. The summed E-state index contributed by atoms with van der Waals surface area (Å²) in [5.74, 6) is -1.16. The molecule has 6 nitrogen and oxygen atoms in total. The van der Waals surface area contributed by atoms with Crippen LogP contribution in [0.3, 0.4) is 0 Å². The lowest BCUT2D eigenvalue weighted by molar-refractivity contribution is -0.166. The van der Waals surface area contributed by atoms with Crippen LogP contribution in [0.25, 0.3) is 0 Å². The normalized spacial score (nSPS) is 12.9. The van der Waals surface area contributed by atoms with E-state index >= 15 is 0 Å². The molecule has 0 aromatic carbocycles. The van der Waals surface area contributed by atoms with Crippen molar-refractivity contribution in [2.45, 2.75) is 245 Å². The zero-order valence-corrected chi connectivity index (χ0v) is 43.4. The van der Waals surface area contributed by atoms with Crippen LogP contribution in [0, 0.1) is 0 Å². The molecule has 1 unspecified atom stereocenters. The van der Waals surface area contributed by atoms with E-state index in [9.17, 15) is 14.4 Å². The molecule has 6 heteroatoms. The van der Waals surface area contributed by atoms with Crippen LogP contribution in [0.2, 0.25) is 0 Å². The van der Waals surface area contributed by atoms with Gasteiger partial charge in [-0.15, -0.1) is 0 Å². The van der Waals surface area contributed by atoms with Crippen LogP contribution in [0.15, 0.2) is 109 Å². The summed E-state index contributed by atoms with van der Waals surface area (Å²) in [5, 5.41) is 0. The fourth-order valence-electron chi connectivity index (χ4n) is 7.30. The van der Waals surface area contributed by atoms with Gasteiger partial charge in [0.05, 0.1) is 6.42 Å². The van der Waals surface area contributed by atoms with Crippen molar-refractivity contribution in [3.8, 4) is 0 Å². The van der Waals surface area contributed by atoms with Crippen LogP contribution in [0.5, 0.6) is 0 Å². The second-order valence-electron chi connectivity index (χ2n) is 17.8. The van der Waals surface area contributed by atoms with Crippen molar-refractivity contribution < 1.29 is 28.6 Å². The summed E-state index contributed by atoms with van der Waals surface area (Å²) in [6.07, 6.45) is 74.2. The SMILES string of the molecule is CC/C=C\C/C=C\C/C=C\C/C=C\C/C=C\CC(=O)OC(COC(=O)CC/C=C\C/C=C\C/C=C\C/C=C\CC)COC(=O)CCCCCCCCCCCCCCCCCCCCCCC. The molecule has 0 spiro atoms. The quantitative estimate of drug-likeness (QED) is 0.0262. The molecule has 0 aromatic rings. The molecule has 0 saturated carbocycles. The first-order valence-electron chi connectivity index (χ1n) is 27.4. The fraction of sp³-hybridized carbons (Fsp3) is 0.656. The first-order chi connectivity index (χ1) is 33.0. The number of carbonyl (C=O) groups is 3. The van der Waals surface area contributed by atoms with Gasteiger partial charge < -0.3 is 14.2 Å². The topological polar surface area (TPSA) is 78.9 Å². The Labute approximate surface area is 412 Å². The number of allylic oxidation sites excluding steroid dienone is 17. The molecule has 0 amide bonds. The molecule has 0 aliphatic rings. The Morgan fingerprint density at radius 2 is 0.627 bits per heavy atom. The summed E-state index contributed by atoms with van der Waals surface area (Å²) in [7, 11) is 0. The Bertz CT molecular complexity index is 1390. The summed E-state index contributed by atoms with van der Waals surface area (Å²) in [4.78, 5) is 37.9. The van der Waals surface area contributed by atoms with Crippen molar-refractivity contribution >= 4 is 17.9 Å². The van der Waals surface area contributed by atoms with E-state index in [1.54, 1.807) is 6.08 Å². The maximum absolute atomic E-state index is 12.7. The number of rotatable bonds is 48. The third kappa shape index (κ3) is 52.9. The average molecular weight is 929 g/mol. The Morgan fingerprint density at radius 3 is 0.985 bits per heavy atom. The van der Waals surface area contributed by atoms with Crippen molar-refractivity contribution in [2.24, 2.45) is 0 Å². The zero-order chi connectivity index (χ0) is 48.6. The molecule has 0 aliphatic heterocycles. The number of unbranched alkanes of at least 4 members (excludes halogenated alkanes) is 20. The van der Waals surface area contributed by atoms with Gasteiger partial charge in [0, 0.05) is 12.8 Å². The molecule has 0 bridgehead atoms. The molecule has 0 rings (SSSR count). The summed E-state index contributed by atoms with van der Waals surface area (Å²) >= 11 is 0. The van der Waals surface area contributed by atoms with Crippen molar-refractivity contribution in [2.75, 3.05) is 13.2 Å². The lowest BCUT2D eigenvalue weighted by Gasteiger charge is -2.18. The highest BCUT2D eigenvalue weighted by atomic mass is 16.6. The smallest absolute Gasteiger partial charge is 0.310 e. The highest BCUT2D eigenvalue weighted by Gasteiger charge is 2.19. The summed E-state index contributed by atoms with van der Waals surface area (Å²) < 4.78 is 16.6. The molecule has 0 aliphatic carbocycles. The van der Waals surface area contributed by atoms with Crippen LogP contribution in [0.4, 0.5) is 0 Å². The van der Waals surface area contributed by atoms with Crippen LogP contribution >= 0.6 is 0 Å². The van der Waals surface area contributed by atoms with Gasteiger partial charge in [-0.1, -0.05) is 259 Å². The van der Waals surface area contributed by atoms with Gasteiger partial charge in [-0.25, -0.2) is 0 Å². The summed E-state index contributed by atoms with van der Waals surface area (Å²) in [5.41, 5.74) is 0.